The molecular formula is C19H17ClN2OS. The van der Waals surface area contributed by atoms with E-state index >= 15 is 0 Å². The average molecular weight is 357 g/mol. The first-order chi connectivity index (χ1) is 11.5. The van der Waals surface area contributed by atoms with Crippen molar-refractivity contribution in [3.05, 3.63) is 69.7 Å². The third-order valence-electron chi connectivity index (χ3n) is 3.73. The number of hydrogen-bond donors (Lipinski definition) is 1. The molecule has 0 bridgehead atoms. The summed E-state index contributed by atoms with van der Waals surface area (Å²) in [5.74, 6) is -0.0552. The number of carbonyl (C=O) groups is 1. The Kier molecular flexibility index (Phi) is 4.97. The van der Waals surface area contributed by atoms with Crippen LogP contribution in [0.2, 0.25) is 5.02 Å². The van der Waals surface area contributed by atoms with Crippen LogP contribution in [0, 0.1) is 13.8 Å². The Bertz CT molecular complexity index is 851. The predicted octanol–water partition coefficient (Wildman–Crippen LogP) is 5.26. The molecule has 1 heterocycles. The van der Waals surface area contributed by atoms with Gasteiger partial charge in [-0.25, -0.2) is 4.98 Å². The number of amides is 1. The molecule has 1 N–H and O–H groups in total. The fourth-order valence-corrected chi connectivity index (χ4v) is 3.42. The second-order valence-electron chi connectivity index (χ2n) is 5.64. The maximum absolute atomic E-state index is 12.3. The van der Waals surface area contributed by atoms with Gasteiger partial charge in [0.1, 0.15) is 5.01 Å². The number of nitrogens with one attached hydrogen (secondary N) is 1. The third kappa shape index (κ3) is 3.83. The van der Waals surface area contributed by atoms with E-state index in [1.807, 2.05) is 61.7 Å². The highest BCUT2D eigenvalue weighted by Gasteiger charge is 2.11. The summed E-state index contributed by atoms with van der Waals surface area (Å²) in [5, 5.41) is 6.50. The Morgan fingerprint density at radius 2 is 1.79 bits per heavy atom. The van der Waals surface area contributed by atoms with E-state index in [2.05, 4.69) is 10.3 Å². The number of rotatable bonds is 4. The number of aromatic nitrogens is 1. The number of anilines is 1. The largest absolute Gasteiger partial charge is 0.325 e. The first-order valence-electron chi connectivity index (χ1n) is 7.59. The fraction of sp³-hybridized carbons (Fsp3) is 0.158. The zero-order chi connectivity index (χ0) is 17.1. The van der Waals surface area contributed by atoms with E-state index in [1.165, 1.54) is 11.3 Å². The lowest BCUT2D eigenvalue weighted by molar-refractivity contribution is -0.115. The molecule has 3 rings (SSSR count). The molecule has 0 saturated carbocycles. The van der Waals surface area contributed by atoms with E-state index < -0.39 is 0 Å². The van der Waals surface area contributed by atoms with Crippen molar-refractivity contribution in [2.45, 2.75) is 20.3 Å². The molecule has 24 heavy (non-hydrogen) atoms. The van der Waals surface area contributed by atoms with Crippen LogP contribution < -0.4 is 5.32 Å². The highest BCUT2D eigenvalue weighted by atomic mass is 35.5. The third-order valence-corrected chi connectivity index (χ3v) is 4.92. The van der Waals surface area contributed by atoms with Gasteiger partial charge in [0.05, 0.1) is 12.1 Å². The summed E-state index contributed by atoms with van der Waals surface area (Å²) in [7, 11) is 0. The number of hydrogen-bond acceptors (Lipinski definition) is 3. The summed E-state index contributed by atoms with van der Waals surface area (Å²) in [6, 6.07) is 13.5. The zero-order valence-corrected chi connectivity index (χ0v) is 15.0. The van der Waals surface area contributed by atoms with E-state index in [0.717, 1.165) is 33.1 Å². The van der Waals surface area contributed by atoms with E-state index in [9.17, 15) is 4.79 Å². The number of para-hydroxylation sites is 1. The molecule has 0 aliphatic carbocycles. The predicted molar refractivity (Wildman–Crippen MR) is 101 cm³/mol. The molecule has 0 spiro atoms. The first kappa shape index (κ1) is 16.7. The smallest absolute Gasteiger partial charge is 0.230 e. The second-order valence-corrected chi connectivity index (χ2v) is 6.94. The summed E-state index contributed by atoms with van der Waals surface area (Å²) >= 11 is 7.43. The number of aryl methyl sites for hydroxylation is 2. The number of carbonyl (C=O) groups excluding carboxylic acids is 1. The highest BCUT2D eigenvalue weighted by molar-refractivity contribution is 7.13. The maximum atomic E-state index is 12.3. The Labute approximate surface area is 150 Å². The lowest BCUT2D eigenvalue weighted by Gasteiger charge is -2.10. The molecule has 0 radical (unpaired) electrons. The normalized spacial score (nSPS) is 10.6. The van der Waals surface area contributed by atoms with Crippen molar-refractivity contribution in [3.63, 3.8) is 0 Å². The van der Waals surface area contributed by atoms with Gasteiger partial charge in [-0.1, -0.05) is 41.9 Å². The molecule has 0 unspecified atom stereocenters. The minimum absolute atomic E-state index is 0.0552. The molecule has 3 nitrogen and oxygen atoms in total. The summed E-state index contributed by atoms with van der Waals surface area (Å²) in [5.41, 5.74) is 4.78. The van der Waals surface area contributed by atoms with Crippen LogP contribution >= 0.6 is 22.9 Å². The molecule has 5 heteroatoms. The van der Waals surface area contributed by atoms with Gasteiger partial charge in [-0.3, -0.25) is 4.79 Å². The van der Waals surface area contributed by atoms with Gasteiger partial charge in [-0.05, 0) is 37.1 Å². The zero-order valence-electron chi connectivity index (χ0n) is 13.5. The molecular weight excluding hydrogens is 340 g/mol. The molecule has 2 aromatic carbocycles. The number of benzene rings is 2. The molecule has 1 aromatic heterocycles. The van der Waals surface area contributed by atoms with Crippen molar-refractivity contribution in [2.24, 2.45) is 0 Å². The summed E-state index contributed by atoms with van der Waals surface area (Å²) in [6.07, 6.45) is 0.262. The highest BCUT2D eigenvalue weighted by Crippen LogP contribution is 2.25. The van der Waals surface area contributed by atoms with Crippen LogP contribution in [-0.2, 0) is 11.2 Å². The molecule has 3 aromatic rings. The Balaban J connectivity index is 1.70. The molecule has 122 valence electrons. The van der Waals surface area contributed by atoms with Crippen molar-refractivity contribution in [2.75, 3.05) is 5.32 Å². The molecule has 0 atom stereocenters. The summed E-state index contributed by atoms with van der Waals surface area (Å²) < 4.78 is 0. The maximum Gasteiger partial charge on any atom is 0.230 e. The molecule has 0 aliphatic heterocycles. The molecule has 1 amide bonds. The van der Waals surface area contributed by atoms with Crippen molar-refractivity contribution >= 4 is 34.5 Å². The van der Waals surface area contributed by atoms with Crippen molar-refractivity contribution in [3.8, 4) is 10.6 Å². The Morgan fingerprint density at radius 1 is 1.12 bits per heavy atom. The van der Waals surface area contributed by atoms with E-state index in [0.29, 0.717) is 5.02 Å². The Hall–Kier alpha value is -2.17. The van der Waals surface area contributed by atoms with Gasteiger partial charge in [0.25, 0.3) is 0 Å². The van der Waals surface area contributed by atoms with Crippen LogP contribution in [0.1, 0.15) is 16.8 Å². The van der Waals surface area contributed by atoms with E-state index in [4.69, 9.17) is 11.6 Å². The lowest BCUT2D eigenvalue weighted by Crippen LogP contribution is -2.16. The molecule has 0 fully saturated rings. The molecule has 0 aliphatic rings. The standard InChI is InChI=1S/C19H17ClN2OS/c1-12-4-3-5-13(2)18(12)22-17(23)10-16-11-24-19(21-16)14-6-8-15(20)9-7-14/h3-9,11H,10H2,1-2H3,(H,22,23). The Morgan fingerprint density at radius 3 is 2.46 bits per heavy atom. The van der Waals surface area contributed by atoms with E-state index in [-0.39, 0.29) is 12.3 Å². The number of thiazole rings is 1. The van der Waals surface area contributed by atoms with Gasteiger partial charge >= 0.3 is 0 Å². The summed E-state index contributed by atoms with van der Waals surface area (Å²) in [4.78, 5) is 16.9. The fourth-order valence-electron chi connectivity index (χ4n) is 2.47. The minimum Gasteiger partial charge on any atom is -0.325 e. The quantitative estimate of drug-likeness (QED) is 0.692. The molecule has 0 saturated heterocycles. The van der Waals surface area contributed by atoms with Gasteiger partial charge in [-0.2, -0.15) is 0 Å². The van der Waals surface area contributed by atoms with Gasteiger partial charge in [0, 0.05) is 21.7 Å². The van der Waals surface area contributed by atoms with Crippen molar-refractivity contribution in [1.29, 1.82) is 0 Å². The van der Waals surface area contributed by atoms with E-state index in [1.54, 1.807) is 0 Å². The van der Waals surface area contributed by atoms with Crippen LogP contribution in [0.25, 0.3) is 10.6 Å². The first-order valence-corrected chi connectivity index (χ1v) is 8.85. The lowest BCUT2D eigenvalue weighted by atomic mass is 10.1. The van der Waals surface area contributed by atoms with Crippen LogP contribution in [0.4, 0.5) is 5.69 Å². The van der Waals surface area contributed by atoms with Crippen LogP contribution in [0.3, 0.4) is 0 Å². The van der Waals surface area contributed by atoms with Crippen LogP contribution in [-0.4, -0.2) is 10.9 Å². The van der Waals surface area contributed by atoms with Gasteiger partial charge in [-0.15, -0.1) is 11.3 Å². The van der Waals surface area contributed by atoms with Crippen molar-refractivity contribution < 1.29 is 4.79 Å². The minimum atomic E-state index is -0.0552. The van der Waals surface area contributed by atoms with Crippen molar-refractivity contribution in [1.82, 2.24) is 4.98 Å². The topological polar surface area (TPSA) is 42.0 Å². The average Bonchev–Trinajstić information content (AvgIpc) is 3.00. The van der Waals surface area contributed by atoms with Gasteiger partial charge < -0.3 is 5.32 Å². The monoisotopic (exact) mass is 356 g/mol. The second kappa shape index (κ2) is 7.16. The van der Waals surface area contributed by atoms with Crippen LogP contribution in [0.15, 0.2) is 47.8 Å². The number of halogens is 1. The van der Waals surface area contributed by atoms with Crippen LogP contribution in [0.5, 0.6) is 0 Å². The summed E-state index contributed by atoms with van der Waals surface area (Å²) in [6.45, 7) is 3.98. The SMILES string of the molecule is Cc1cccc(C)c1NC(=O)Cc1csc(-c2ccc(Cl)cc2)n1. The van der Waals surface area contributed by atoms with Gasteiger partial charge in [0.2, 0.25) is 5.91 Å². The van der Waals surface area contributed by atoms with Gasteiger partial charge in [0.15, 0.2) is 0 Å². The number of nitrogens with zero attached hydrogens (tertiary/aromatic N) is 1.